The third kappa shape index (κ3) is 6.86. The minimum Gasteiger partial charge on any atom is -0.310 e. The molecule has 290 valence electrons. The van der Waals surface area contributed by atoms with Gasteiger partial charge in [0, 0.05) is 38.1 Å². The van der Waals surface area contributed by atoms with Crippen LogP contribution >= 0.6 is 0 Å². The second-order valence-electron chi connectivity index (χ2n) is 20.5. The first-order valence-electron chi connectivity index (χ1n) is 20.6. The maximum atomic E-state index is 12.3. The number of nitrogens with zero attached hydrogens (tertiary/aromatic N) is 1. The summed E-state index contributed by atoms with van der Waals surface area (Å²) in [6, 6.07) is 0. The molecule has 1 heterocycles. The van der Waals surface area contributed by atoms with Crippen molar-refractivity contribution in [3.8, 4) is 0 Å². The summed E-state index contributed by atoms with van der Waals surface area (Å²) >= 11 is 0. The number of hydrogen-bond acceptors (Lipinski definition) is 6. The molecule has 6 aliphatic rings. The van der Waals surface area contributed by atoms with Crippen molar-refractivity contribution in [3.63, 3.8) is 0 Å². The Bertz CT molecular complexity index is 1470. The lowest BCUT2D eigenvalue weighted by molar-refractivity contribution is -0.221. The highest BCUT2D eigenvalue weighted by Crippen LogP contribution is 2.76. The van der Waals surface area contributed by atoms with Gasteiger partial charge < -0.3 is 10.2 Å². The van der Waals surface area contributed by atoms with Gasteiger partial charge in [0.05, 0.1) is 18.6 Å². The van der Waals surface area contributed by atoms with Crippen LogP contribution in [0.1, 0.15) is 132 Å². The summed E-state index contributed by atoms with van der Waals surface area (Å²) in [4.78, 5) is 19.6. The molecule has 1 amide bonds. The van der Waals surface area contributed by atoms with E-state index in [0.29, 0.717) is 70.9 Å². The lowest BCUT2D eigenvalue weighted by Crippen LogP contribution is -2.68. The predicted octanol–water partition coefficient (Wildman–Crippen LogP) is 8.13. The molecule has 2 N–H and O–H groups in total. The number of carbonyl (C=O) groups is 1. The molecule has 0 aromatic rings. The minimum atomic E-state index is -2.85. The monoisotopic (exact) mass is 728 g/mol. The normalized spacial score (nSPS) is 41.7. The number of hydroxylamine groups is 1. The van der Waals surface area contributed by atoms with Crippen LogP contribution in [-0.2, 0) is 19.5 Å². The molecule has 8 heteroatoms. The van der Waals surface area contributed by atoms with Gasteiger partial charge in [0.25, 0.3) is 0 Å². The van der Waals surface area contributed by atoms with E-state index >= 15 is 0 Å². The topological polar surface area (TPSA) is 87.7 Å². The van der Waals surface area contributed by atoms with Crippen molar-refractivity contribution in [3.05, 3.63) is 23.8 Å². The van der Waals surface area contributed by atoms with Gasteiger partial charge in [-0.05, 0) is 134 Å². The number of rotatable bonds is 11. The molecule has 0 bridgehead atoms. The van der Waals surface area contributed by atoms with E-state index in [1.165, 1.54) is 70.5 Å². The highest BCUT2D eigenvalue weighted by atomic mass is 32.2. The quantitative estimate of drug-likeness (QED) is 0.165. The first kappa shape index (κ1) is 39.5. The van der Waals surface area contributed by atoms with Gasteiger partial charge in [-0.3, -0.25) is 9.63 Å². The van der Waals surface area contributed by atoms with Crippen molar-refractivity contribution < 1.29 is 18.0 Å². The first-order chi connectivity index (χ1) is 23.7. The van der Waals surface area contributed by atoms with Gasteiger partial charge in [-0.25, -0.2) is 13.9 Å². The van der Waals surface area contributed by atoms with Crippen LogP contribution in [-0.4, -0.2) is 69.6 Å². The number of sulfone groups is 1. The smallest absolute Gasteiger partial charge is 0.244 e. The summed E-state index contributed by atoms with van der Waals surface area (Å²) in [5, 5.41) is 4.22. The zero-order chi connectivity index (χ0) is 37.3. The Kier molecular flexibility index (Phi) is 10.7. The lowest BCUT2D eigenvalue weighted by atomic mass is 9.33. The van der Waals surface area contributed by atoms with Gasteiger partial charge in [-0.2, -0.15) is 0 Å². The molecule has 0 radical (unpaired) electrons. The third-order valence-electron chi connectivity index (χ3n) is 17.1. The standard InChI is InChI=1S/C43H73N3O4S/c1-30(2)32-15-20-43(44-23-24-46-25-27-51(48,49)28-26-46)22-21-41(8)33(37(32)43)11-12-35-40(7)18-14-31(13-17-38(3,4)29-36(47)45-50-10)39(5,6)34(40)16-19-42(35,41)9/h14,32-35,37,44H,1,11-13,15-29H2,2-10H3,(H,45,47)/t32-,33+,34-,35+,37+,40-,41+,42+,43-/m0/s1. The molecule has 0 aromatic heterocycles. The molecule has 1 aliphatic heterocycles. The van der Waals surface area contributed by atoms with Crippen molar-refractivity contribution in [1.29, 1.82) is 0 Å². The predicted molar refractivity (Wildman–Crippen MR) is 209 cm³/mol. The number of allylic oxidation sites excluding steroid dienone is 3. The Morgan fingerprint density at radius 2 is 1.69 bits per heavy atom. The maximum absolute atomic E-state index is 12.3. The summed E-state index contributed by atoms with van der Waals surface area (Å²) in [6.45, 7) is 27.8. The van der Waals surface area contributed by atoms with Crippen LogP contribution in [0.15, 0.2) is 23.8 Å². The molecule has 0 aromatic carbocycles. The van der Waals surface area contributed by atoms with Gasteiger partial charge in [0.15, 0.2) is 9.84 Å². The highest BCUT2D eigenvalue weighted by Gasteiger charge is 2.70. The van der Waals surface area contributed by atoms with Crippen LogP contribution < -0.4 is 10.8 Å². The third-order valence-corrected chi connectivity index (χ3v) is 18.7. The minimum absolute atomic E-state index is 0.0393. The molecule has 0 unspecified atom stereocenters. The first-order valence-corrected chi connectivity index (χ1v) is 22.4. The van der Waals surface area contributed by atoms with Crippen molar-refractivity contribution in [2.24, 2.45) is 56.7 Å². The second kappa shape index (κ2) is 13.8. The fourth-order valence-corrected chi connectivity index (χ4v) is 15.4. The molecule has 7 nitrogen and oxygen atoms in total. The summed E-state index contributed by atoms with van der Waals surface area (Å²) in [7, 11) is -1.35. The maximum Gasteiger partial charge on any atom is 0.244 e. The highest BCUT2D eigenvalue weighted by molar-refractivity contribution is 7.91. The molecule has 1 saturated heterocycles. The van der Waals surface area contributed by atoms with Gasteiger partial charge in [0.1, 0.15) is 0 Å². The molecular formula is C43H73N3O4S. The lowest BCUT2D eigenvalue weighted by Gasteiger charge is -2.72. The number of hydrogen-bond donors (Lipinski definition) is 2. The number of fused-ring (bicyclic) bond motifs is 7. The Morgan fingerprint density at radius 1 is 0.980 bits per heavy atom. The summed E-state index contributed by atoms with van der Waals surface area (Å²) in [5.74, 6) is 3.87. The average Bonchev–Trinajstić information content (AvgIpc) is 3.41. The van der Waals surface area contributed by atoms with E-state index in [9.17, 15) is 13.2 Å². The molecule has 6 rings (SSSR count). The SMILES string of the molecule is C=C(C)[C@@H]1CC[C@]2(NCCN3CCS(=O)(=O)CC3)CC[C@]3(C)[C@H](CC[C@@H]4[C@@]5(C)CC=C(CCC(C)(C)CC(=O)NOC)C(C)(C)[C@@H]5CC[C@]43C)[C@@H]12. The second-order valence-corrected chi connectivity index (χ2v) is 22.8. The molecule has 4 saturated carbocycles. The van der Waals surface area contributed by atoms with E-state index in [1.807, 2.05) is 0 Å². The Balaban J connectivity index is 1.20. The van der Waals surface area contributed by atoms with Crippen LogP contribution in [0.25, 0.3) is 0 Å². The number of carbonyl (C=O) groups excluding carboxylic acids is 1. The van der Waals surface area contributed by atoms with Crippen molar-refractivity contribution >= 4 is 15.7 Å². The van der Waals surface area contributed by atoms with Crippen molar-refractivity contribution in [1.82, 2.24) is 15.7 Å². The van der Waals surface area contributed by atoms with Gasteiger partial charge in [-0.15, -0.1) is 0 Å². The van der Waals surface area contributed by atoms with E-state index in [1.54, 1.807) is 5.57 Å². The van der Waals surface area contributed by atoms with Crippen LogP contribution in [0.2, 0.25) is 0 Å². The molecule has 51 heavy (non-hydrogen) atoms. The van der Waals surface area contributed by atoms with Crippen molar-refractivity contribution in [2.45, 2.75) is 138 Å². The Labute approximate surface area is 311 Å². The van der Waals surface area contributed by atoms with Crippen molar-refractivity contribution in [2.75, 3.05) is 44.8 Å². The summed E-state index contributed by atoms with van der Waals surface area (Å²) in [6.07, 6.45) is 16.7. The van der Waals surface area contributed by atoms with Crippen LogP contribution in [0.3, 0.4) is 0 Å². The summed E-state index contributed by atoms with van der Waals surface area (Å²) < 4.78 is 24.1. The fraction of sp³-hybridized carbons (Fsp3) is 0.884. The zero-order valence-electron chi connectivity index (χ0n) is 33.9. The Hall–Kier alpha value is -1.22. The molecule has 5 fully saturated rings. The van der Waals surface area contributed by atoms with E-state index in [-0.39, 0.29) is 22.3 Å². The van der Waals surface area contributed by atoms with E-state index in [2.05, 4.69) is 83.7 Å². The Morgan fingerprint density at radius 3 is 2.35 bits per heavy atom. The molecule has 0 spiro atoms. The van der Waals surface area contributed by atoms with E-state index in [0.717, 1.165) is 31.8 Å². The number of amides is 1. The van der Waals surface area contributed by atoms with Gasteiger partial charge in [0.2, 0.25) is 5.91 Å². The van der Waals surface area contributed by atoms with Gasteiger partial charge in [-0.1, -0.05) is 72.3 Å². The van der Waals surface area contributed by atoms with Crippen LogP contribution in [0, 0.1) is 56.7 Å². The van der Waals surface area contributed by atoms with E-state index < -0.39 is 9.84 Å². The molecular weight excluding hydrogens is 655 g/mol. The average molecular weight is 728 g/mol. The fourth-order valence-electron chi connectivity index (χ4n) is 14.1. The van der Waals surface area contributed by atoms with Crippen LogP contribution in [0.4, 0.5) is 0 Å². The van der Waals surface area contributed by atoms with Crippen LogP contribution in [0.5, 0.6) is 0 Å². The summed E-state index contributed by atoms with van der Waals surface area (Å²) in [5.41, 5.74) is 6.66. The van der Waals surface area contributed by atoms with Gasteiger partial charge >= 0.3 is 0 Å². The van der Waals surface area contributed by atoms with E-state index in [4.69, 9.17) is 4.84 Å². The largest absolute Gasteiger partial charge is 0.310 e. The molecule has 9 atom stereocenters. The zero-order valence-corrected chi connectivity index (χ0v) is 34.7. The molecule has 5 aliphatic carbocycles. The number of nitrogens with one attached hydrogen (secondary N) is 2.